The van der Waals surface area contributed by atoms with Gasteiger partial charge in [-0.1, -0.05) is 25.7 Å². The molecule has 110 valence electrons. The number of hydrogen-bond donors (Lipinski definition) is 1. The average Bonchev–Trinajstić information content (AvgIpc) is 3.21. The van der Waals surface area contributed by atoms with E-state index in [2.05, 4.69) is 15.5 Å². The van der Waals surface area contributed by atoms with Gasteiger partial charge < -0.3 is 9.73 Å². The minimum atomic E-state index is 0.525. The second kappa shape index (κ2) is 5.47. The van der Waals surface area contributed by atoms with Gasteiger partial charge in [-0.05, 0) is 43.9 Å². The maximum absolute atomic E-state index is 5.90. The van der Waals surface area contributed by atoms with Crippen molar-refractivity contribution in [3.05, 3.63) is 11.8 Å². The van der Waals surface area contributed by atoms with E-state index in [4.69, 9.17) is 4.42 Å². The third kappa shape index (κ3) is 2.76. The summed E-state index contributed by atoms with van der Waals surface area (Å²) in [7, 11) is 0. The minimum absolute atomic E-state index is 0.525. The first-order valence-electron chi connectivity index (χ1n) is 8.44. The fourth-order valence-electron chi connectivity index (χ4n) is 4.12. The van der Waals surface area contributed by atoms with Gasteiger partial charge in [-0.25, -0.2) is 0 Å². The van der Waals surface area contributed by atoms with Crippen LogP contribution in [0, 0.1) is 11.8 Å². The van der Waals surface area contributed by atoms with Crippen molar-refractivity contribution in [2.75, 3.05) is 0 Å². The van der Waals surface area contributed by atoms with Gasteiger partial charge in [0.05, 0.1) is 6.54 Å². The Morgan fingerprint density at radius 1 is 0.950 bits per heavy atom. The molecule has 0 spiro atoms. The van der Waals surface area contributed by atoms with E-state index in [1.165, 1.54) is 57.8 Å². The second-order valence-corrected chi connectivity index (χ2v) is 7.00. The molecule has 1 heterocycles. The lowest BCUT2D eigenvalue weighted by Gasteiger charge is -2.38. The number of aromatic nitrogens is 2. The summed E-state index contributed by atoms with van der Waals surface area (Å²) >= 11 is 0. The molecular formula is C16H25N3O. The smallest absolute Gasteiger partial charge is 0.230 e. The zero-order valence-electron chi connectivity index (χ0n) is 12.2. The Balaban J connectivity index is 1.37. The zero-order valence-corrected chi connectivity index (χ0v) is 12.2. The van der Waals surface area contributed by atoms with E-state index >= 15 is 0 Å². The summed E-state index contributed by atoms with van der Waals surface area (Å²) in [5.74, 6) is 4.11. The molecule has 4 nitrogen and oxygen atoms in total. The third-order valence-corrected chi connectivity index (χ3v) is 5.49. The molecule has 3 aliphatic rings. The lowest BCUT2D eigenvalue weighted by molar-refractivity contribution is 0.145. The van der Waals surface area contributed by atoms with Crippen molar-refractivity contribution in [2.45, 2.75) is 76.3 Å². The van der Waals surface area contributed by atoms with E-state index in [0.29, 0.717) is 12.0 Å². The molecule has 3 saturated carbocycles. The van der Waals surface area contributed by atoms with E-state index in [-0.39, 0.29) is 0 Å². The van der Waals surface area contributed by atoms with E-state index in [0.717, 1.165) is 30.2 Å². The van der Waals surface area contributed by atoms with Crippen LogP contribution >= 0.6 is 0 Å². The van der Waals surface area contributed by atoms with Gasteiger partial charge in [0.2, 0.25) is 11.8 Å². The van der Waals surface area contributed by atoms with Crippen LogP contribution in [0.4, 0.5) is 0 Å². The number of nitrogens with one attached hydrogen (secondary N) is 1. The van der Waals surface area contributed by atoms with Crippen LogP contribution in [0.5, 0.6) is 0 Å². The van der Waals surface area contributed by atoms with Crippen LogP contribution < -0.4 is 5.32 Å². The Labute approximate surface area is 120 Å². The van der Waals surface area contributed by atoms with Gasteiger partial charge in [-0.15, -0.1) is 10.2 Å². The molecule has 1 aromatic heterocycles. The maximum atomic E-state index is 5.90. The van der Waals surface area contributed by atoms with Crippen LogP contribution in [0.15, 0.2) is 4.42 Å². The molecule has 20 heavy (non-hydrogen) atoms. The summed E-state index contributed by atoms with van der Waals surface area (Å²) in [5.41, 5.74) is 0. The molecule has 0 amide bonds. The summed E-state index contributed by atoms with van der Waals surface area (Å²) < 4.78 is 5.90. The molecule has 4 rings (SSSR count). The van der Waals surface area contributed by atoms with Crippen LogP contribution in [0.3, 0.4) is 0 Å². The molecular weight excluding hydrogens is 250 g/mol. The Kier molecular flexibility index (Phi) is 3.51. The highest BCUT2D eigenvalue weighted by molar-refractivity contribution is 4.97. The number of hydrogen-bond acceptors (Lipinski definition) is 4. The second-order valence-electron chi connectivity index (χ2n) is 7.00. The zero-order chi connectivity index (χ0) is 13.4. The first kappa shape index (κ1) is 12.8. The molecule has 4 heteroatoms. The van der Waals surface area contributed by atoms with Gasteiger partial charge in [0.15, 0.2) is 0 Å². The van der Waals surface area contributed by atoms with Crippen molar-refractivity contribution < 1.29 is 4.42 Å². The molecule has 0 aliphatic heterocycles. The van der Waals surface area contributed by atoms with Gasteiger partial charge in [0.25, 0.3) is 0 Å². The maximum Gasteiger partial charge on any atom is 0.230 e. The molecule has 3 fully saturated rings. The van der Waals surface area contributed by atoms with Gasteiger partial charge in [-0.2, -0.15) is 0 Å². The molecule has 0 saturated heterocycles. The van der Waals surface area contributed by atoms with Crippen molar-refractivity contribution >= 4 is 0 Å². The first-order valence-corrected chi connectivity index (χ1v) is 8.44. The van der Waals surface area contributed by atoms with Crippen LogP contribution in [0.1, 0.15) is 75.5 Å². The molecule has 0 radical (unpaired) electrons. The molecule has 3 unspecified atom stereocenters. The normalized spacial score (nSPS) is 33.9. The number of rotatable bonds is 4. The van der Waals surface area contributed by atoms with Gasteiger partial charge in [0, 0.05) is 12.0 Å². The summed E-state index contributed by atoms with van der Waals surface area (Å²) in [5, 5.41) is 12.0. The van der Waals surface area contributed by atoms with Crippen LogP contribution in [0.25, 0.3) is 0 Å². The highest BCUT2D eigenvalue weighted by atomic mass is 16.4. The lowest BCUT2D eigenvalue weighted by atomic mass is 9.67. The summed E-state index contributed by atoms with van der Waals surface area (Å²) in [6.45, 7) is 0.746. The quantitative estimate of drug-likeness (QED) is 0.915. The SMILES string of the molecule is C1CCC2CC(c3nnc(CNC4CC4)o3)CCC2C1. The van der Waals surface area contributed by atoms with Gasteiger partial charge in [0.1, 0.15) is 0 Å². The predicted octanol–water partition coefficient (Wildman–Crippen LogP) is 3.40. The lowest BCUT2D eigenvalue weighted by Crippen LogP contribution is -2.26. The van der Waals surface area contributed by atoms with Crippen molar-refractivity contribution in [1.82, 2.24) is 15.5 Å². The molecule has 1 aromatic rings. The van der Waals surface area contributed by atoms with Crippen molar-refractivity contribution in [3.63, 3.8) is 0 Å². The largest absolute Gasteiger partial charge is 0.424 e. The fourth-order valence-corrected chi connectivity index (χ4v) is 4.12. The molecule has 3 atom stereocenters. The highest BCUT2D eigenvalue weighted by Crippen LogP contribution is 2.45. The third-order valence-electron chi connectivity index (χ3n) is 5.49. The molecule has 3 aliphatic carbocycles. The van der Waals surface area contributed by atoms with Crippen molar-refractivity contribution in [2.24, 2.45) is 11.8 Å². The number of nitrogens with zero attached hydrogens (tertiary/aromatic N) is 2. The monoisotopic (exact) mass is 275 g/mol. The van der Waals surface area contributed by atoms with E-state index in [1.807, 2.05) is 0 Å². The van der Waals surface area contributed by atoms with Crippen LogP contribution in [0.2, 0.25) is 0 Å². The van der Waals surface area contributed by atoms with Crippen LogP contribution in [-0.2, 0) is 6.54 Å². The molecule has 0 aromatic carbocycles. The van der Waals surface area contributed by atoms with E-state index in [1.54, 1.807) is 0 Å². The topological polar surface area (TPSA) is 51.0 Å². The summed E-state index contributed by atoms with van der Waals surface area (Å²) in [6.07, 6.45) is 12.2. The van der Waals surface area contributed by atoms with E-state index in [9.17, 15) is 0 Å². The van der Waals surface area contributed by atoms with Crippen LogP contribution in [-0.4, -0.2) is 16.2 Å². The minimum Gasteiger partial charge on any atom is -0.424 e. The van der Waals surface area contributed by atoms with E-state index < -0.39 is 0 Å². The summed E-state index contributed by atoms with van der Waals surface area (Å²) in [6, 6.07) is 0.697. The number of fused-ring (bicyclic) bond motifs is 1. The Morgan fingerprint density at radius 2 is 1.80 bits per heavy atom. The molecule has 1 N–H and O–H groups in total. The Hall–Kier alpha value is -0.900. The predicted molar refractivity (Wildman–Crippen MR) is 76.2 cm³/mol. The highest BCUT2D eigenvalue weighted by Gasteiger charge is 2.34. The molecule has 0 bridgehead atoms. The van der Waals surface area contributed by atoms with Gasteiger partial charge >= 0.3 is 0 Å². The average molecular weight is 275 g/mol. The standard InChI is InChI=1S/C16H25N3O/c1-2-4-12-9-13(6-5-11(12)3-1)16-19-18-15(20-16)10-17-14-7-8-14/h11-14,17H,1-10H2. The fraction of sp³-hybridized carbons (Fsp3) is 0.875. The van der Waals surface area contributed by atoms with Crippen molar-refractivity contribution in [3.8, 4) is 0 Å². The van der Waals surface area contributed by atoms with Crippen molar-refractivity contribution in [1.29, 1.82) is 0 Å². The van der Waals surface area contributed by atoms with Gasteiger partial charge in [-0.3, -0.25) is 0 Å². The first-order chi connectivity index (χ1) is 9.88. The summed E-state index contributed by atoms with van der Waals surface area (Å²) in [4.78, 5) is 0. The Morgan fingerprint density at radius 3 is 2.65 bits per heavy atom. The Bertz CT molecular complexity index is 454.